The van der Waals surface area contributed by atoms with Crippen LogP contribution < -0.4 is 4.90 Å². The third-order valence-corrected chi connectivity index (χ3v) is 7.92. The van der Waals surface area contributed by atoms with Gasteiger partial charge in [0.05, 0.1) is 33.3 Å². The van der Waals surface area contributed by atoms with Gasteiger partial charge in [0.15, 0.2) is 0 Å². The number of anilines is 2. The van der Waals surface area contributed by atoms with Gasteiger partial charge in [0, 0.05) is 39.3 Å². The van der Waals surface area contributed by atoms with Crippen molar-refractivity contribution in [3.63, 3.8) is 0 Å². The summed E-state index contributed by atoms with van der Waals surface area (Å²) in [5.41, 5.74) is 8.16. The van der Waals surface area contributed by atoms with E-state index < -0.39 is 0 Å². The molecule has 0 radical (unpaired) electrons. The molecule has 0 saturated carbocycles. The monoisotopic (exact) mass is 512 g/mol. The molecule has 1 aliphatic rings. The van der Waals surface area contributed by atoms with Crippen LogP contribution in [0.5, 0.6) is 0 Å². The molecule has 0 amide bonds. The van der Waals surface area contributed by atoms with E-state index >= 15 is 0 Å². The molecule has 188 valence electrons. The summed E-state index contributed by atoms with van der Waals surface area (Å²) in [6, 6.07) is 36.2. The summed E-state index contributed by atoms with van der Waals surface area (Å²) in [7, 11) is 0. The van der Waals surface area contributed by atoms with Crippen molar-refractivity contribution >= 4 is 60.6 Å². The van der Waals surface area contributed by atoms with E-state index in [2.05, 4.69) is 120 Å². The molecule has 0 bridgehead atoms. The first kappa shape index (κ1) is 22.5. The van der Waals surface area contributed by atoms with Gasteiger partial charge in [0.1, 0.15) is 5.82 Å². The summed E-state index contributed by atoms with van der Waals surface area (Å²) in [5.74, 6) is 0.849. The van der Waals surface area contributed by atoms with E-state index in [9.17, 15) is 0 Å². The van der Waals surface area contributed by atoms with Crippen LogP contribution in [-0.4, -0.2) is 14.5 Å². The number of allylic oxidation sites excluding steroid dienone is 3. The summed E-state index contributed by atoms with van der Waals surface area (Å²) < 4.78 is 2.33. The van der Waals surface area contributed by atoms with Crippen LogP contribution in [0.15, 0.2) is 140 Å². The van der Waals surface area contributed by atoms with E-state index in [1.807, 2.05) is 24.4 Å². The lowest BCUT2D eigenvalue weighted by Crippen LogP contribution is -2.22. The second-order valence-corrected chi connectivity index (χ2v) is 9.96. The van der Waals surface area contributed by atoms with Crippen LogP contribution in [0.2, 0.25) is 0 Å². The van der Waals surface area contributed by atoms with Gasteiger partial charge in [-0.25, -0.2) is 4.98 Å². The average molecular weight is 513 g/mol. The zero-order valence-electron chi connectivity index (χ0n) is 21.8. The average Bonchev–Trinajstić information content (AvgIpc) is 3.35. The van der Waals surface area contributed by atoms with E-state index in [4.69, 9.17) is 9.97 Å². The number of aromatic nitrogens is 3. The fraction of sp³-hybridized carbons (Fsp3) is 0. The van der Waals surface area contributed by atoms with Crippen LogP contribution in [0.25, 0.3) is 54.7 Å². The van der Waals surface area contributed by atoms with E-state index in [0.717, 1.165) is 55.8 Å². The van der Waals surface area contributed by atoms with Crippen molar-refractivity contribution in [2.24, 2.45) is 0 Å². The van der Waals surface area contributed by atoms with Gasteiger partial charge in [0.2, 0.25) is 0 Å². The summed E-state index contributed by atoms with van der Waals surface area (Å²) in [6.45, 7) is 8.32. The van der Waals surface area contributed by atoms with Gasteiger partial charge in [-0.1, -0.05) is 73.8 Å². The summed E-state index contributed by atoms with van der Waals surface area (Å²) in [6.07, 6.45) is 5.61. The van der Waals surface area contributed by atoms with Crippen molar-refractivity contribution in [1.82, 2.24) is 14.5 Å². The summed E-state index contributed by atoms with van der Waals surface area (Å²) >= 11 is 0. The van der Waals surface area contributed by atoms with Crippen molar-refractivity contribution < 1.29 is 0 Å². The highest BCUT2D eigenvalue weighted by atomic mass is 15.2. The van der Waals surface area contributed by atoms with Gasteiger partial charge in [-0.15, -0.1) is 0 Å². The molecule has 0 N–H and O–H groups in total. The Balaban J connectivity index is 1.37. The van der Waals surface area contributed by atoms with Gasteiger partial charge in [-0.3, -0.25) is 9.88 Å². The number of hydrogen-bond donors (Lipinski definition) is 0. The molecule has 0 spiro atoms. The molecule has 4 heteroatoms. The molecule has 4 nitrogen and oxygen atoms in total. The first-order chi connectivity index (χ1) is 19.8. The minimum Gasteiger partial charge on any atom is -0.309 e. The smallest absolute Gasteiger partial charge is 0.148 e. The van der Waals surface area contributed by atoms with E-state index in [0.29, 0.717) is 0 Å². The number of hydrogen-bond acceptors (Lipinski definition) is 3. The van der Waals surface area contributed by atoms with Crippen LogP contribution >= 0.6 is 0 Å². The Morgan fingerprint density at radius 1 is 0.600 bits per heavy atom. The van der Waals surface area contributed by atoms with Gasteiger partial charge in [-0.2, -0.15) is 0 Å². The highest BCUT2D eigenvalue weighted by Crippen LogP contribution is 2.46. The molecule has 0 fully saturated rings. The quantitative estimate of drug-likeness (QED) is 0.221. The molecule has 40 heavy (non-hydrogen) atoms. The first-order valence-electron chi connectivity index (χ1n) is 13.3. The first-order valence-corrected chi connectivity index (χ1v) is 13.3. The van der Waals surface area contributed by atoms with Gasteiger partial charge >= 0.3 is 0 Å². The molecule has 0 saturated heterocycles. The van der Waals surface area contributed by atoms with Crippen molar-refractivity contribution in [3.8, 4) is 5.69 Å². The number of fused-ring (bicyclic) bond motifs is 5. The largest absolute Gasteiger partial charge is 0.309 e. The van der Waals surface area contributed by atoms with Gasteiger partial charge in [-0.05, 0) is 60.0 Å². The van der Waals surface area contributed by atoms with Gasteiger partial charge in [0.25, 0.3) is 0 Å². The molecule has 0 unspecified atom stereocenters. The van der Waals surface area contributed by atoms with E-state index in [1.54, 1.807) is 0 Å². The maximum atomic E-state index is 5.18. The topological polar surface area (TPSA) is 34.0 Å². The molecule has 3 aromatic heterocycles. The lowest BCUT2D eigenvalue weighted by atomic mass is 9.95. The summed E-state index contributed by atoms with van der Waals surface area (Å²) in [4.78, 5) is 12.1. The highest BCUT2D eigenvalue weighted by Gasteiger charge is 2.29. The fourth-order valence-corrected chi connectivity index (χ4v) is 6.22. The SMILES string of the molecule is C=CC1=C(C=C)N(c2ccc(-n3c4ccccc4c4ccccc43)cc2)c2nc3ccccc3c3ccnc1c23. The van der Waals surface area contributed by atoms with Crippen molar-refractivity contribution in [2.75, 3.05) is 4.90 Å². The van der Waals surface area contributed by atoms with Gasteiger partial charge < -0.3 is 4.57 Å². The number of nitrogens with zero attached hydrogens (tertiary/aromatic N) is 4. The molecule has 1 aliphatic heterocycles. The molecule has 4 heterocycles. The van der Waals surface area contributed by atoms with Crippen LogP contribution in [0.3, 0.4) is 0 Å². The maximum absolute atomic E-state index is 5.18. The molecule has 8 rings (SSSR count). The minimum absolute atomic E-state index is 0.849. The number of benzene rings is 4. The zero-order valence-corrected chi connectivity index (χ0v) is 21.8. The Labute approximate surface area is 231 Å². The number of rotatable bonds is 4. The predicted molar refractivity (Wildman–Crippen MR) is 167 cm³/mol. The number of para-hydroxylation sites is 3. The van der Waals surface area contributed by atoms with Crippen LogP contribution in [0, 0.1) is 0 Å². The van der Waals surface area contributed by atoms with E-state index in [-0.39, 0.29) is 0 Å². The Morgan fingerprint density at radius 2 is 1.23 bits per heavy atom. The summed E-state index contributed by atoms with van der Waals surface area (Å²) in [5, 5.41) is 5.75. The normalized spacial score (nSPS) is 13.1. The Bertz CT molecular complexity index is 2150. The Kier molecular flexibility index (Phi) is 4.79. The molecule has 7 aromatic rings. The van der Waals surface area contributed by atoms with Crippen molar-refractivity contribution in [3.05, 3.63) is 146 Å². The minimum atomic E-state index is 0.849. The van der Waals surface area contributed by atoms with Crippen LogP contribution in [-0.2, 0) is 0 Å². The Morgan fingerprint density at radius 3 is 1.90 bits per heavy atom. The third-order valence-electron chi connectivity index (χ3n) is 7.92. The predicted octanol–water partition coefficient (Wildman–Crippen LogP) is 9.11. The highest BCUT2D eigenvalue weighted by molar-refractivity contribution is 6.17. The third kappa shape index (κ3) is 3.01. The van der Waals surface area contributed by atoms with Crippen LogP contribution in [0.4, 0.5) is 11.5 Å². The molecule has 0 atom stereocenters. The second kappa shape index (κ2) is 8.52. The molecule has 4 aromatic carbocycles. The lowest BCUT2D eigenvalue weighted by Gasteiger charge is -2.32. The maximum Gasteiger partial charge on any atom is 0.148 e. The molecule has 0 aliphatic carbocycles. The lowest BCUT2D eigenvalue weighted by molar-refractivity contribution is 1.13. The van der Waals surface area contributed by atoms with Crippen LogP contribution in [0.1, 0.15) is 5.69 Å². The standard InChI is InChI=1S/C36H24N4/c1-3-25-31(4-2)40(36-34-29(21-22-37-35(25)34)26-11-5-8-14-30(26)38-36)24-19-17-23(18-20-24)39-32-15-9-6-12-27(32)28-13-7-10-16-33(28)39/h3-22H,1-2H2. The Hall–Kier alpha value is -5.48. The zero-order chi connectivity index (χ0) is 26.8. The fourth-order valence-electron chi connectivity index (χ4n) is 6.22. The van der Waals surface area contributed by atoms with Crippen molar-refractivity contribution in [2.45, 2.75) is 0 Å². The van der Waals surface area contributed by atoms with Crippen molar-refractivity contribution in [1.29, 1.82) is 0 Å². The number of pyridine rings is 2. The second-order valence-electron chi connectivity index (χ2n) is 9.96. The molecular weight excluding hydrogens is 488 g/mol. The van der Waals surface area contributed by atoms with E-state index in [1.165, 1.54) is 21.8 Å². The molecular formula is C36H24N4.